The van der Waals surface area contributed by atoms with Gasteiger partial charge >= 0.3 is 0 Å². The average Bonchev–Trinajstić information content (AvgIpc) is 2.80. The van der Waals surface area contributed by atoms with Gasteiger partial charge in [-0.15, -0.1) is 0 Å². The van der Waals surface area contributed by atoms with Gasteiger partial charge in [0, 0.05) is 25.7 Å². The smallest absolute Gasteiger partial charge is 0.126 e. The number of halogens is 2. The summed E-state index contributed by atoms with van der Waals surface area (Å²) in [7, 11) is 4.15. The number of aliphatic hydroxyl groups is 1. The molecule has 1 aromatic rings. The van der Waals surface area contributed by atoms with Crippen LogP contribution in [0.1, 0.15) is 24.5 Å². The molecule has 0 saturated carbocycles. The van der Waals surface area contributed by atoms with Crippen molar-refractivity contribution in [1.29, 1.82) is 0 Å². The summed E-state index contributed by atoms with van der Waals surface area (Å²) in [4.78, 5) is 4.51. The van der Waals surface area contributed by atoms with Crippen LogP contribution < -0.4 is 0 Å². The van der Waals surface area contributed by atoms with E-state index < -0.39 is 17.7 Å². The maximum Gasteiger partial charge on any atom is 0.126 e. The highest BCUT2D eigenvalue weighted by molar-refractivity contribution is 5.20. The molecular weight excluding hydrogens is 274 g/mol. The van der Waals surface area contributed by atoms with E-state index >= 15 is 0 Å². The second-order valence-electron chi connectivity index (χ2n) is 6.19. The van der Waals surface area contributed by atoms with E-state index in [4.69, 9.17) is 0 Å². The first-order chi connectivity index (χ1) is 9.94. The molecule has 3 nitrogen and oxygen atoms in total. The Morgan fingerprint density at radius 3 is 2.57 bits per heavy atom. The lowest BCUT2D eigenvalue weighted by atomic mass is 10.1. The fourth-order valence-electron chi connectivity index (χ4n) is 2.98. The van der Waals surface area contributed by atoms with Crippen molar-refractivity contribution in [3.8, 4) is 0 Å². The van der Waals surface area contributed by atoms with Gasteiger partial charge in [-0.25, -0.2) is 8.78 Å². The molecular formula is C16H24F2N2O. The molecule has 2 atom stereocenters. The highest BCUT2D eigenvalue weighted by Crippen LogP contribution is 2.20. The molecule has 21 heavy (non-hydrogen) atoms. The van der Waals surface area contributed by atoms with Gasteiger partial charge < -0.3 is 14.9 Å². The molecule has 1 heterocycles. The van der Waals surface area contributed by atoms with Gasteiger partial charge in [0.15, 0.2) is 0 Å². The third-order valence-electron chi connectivity index (χ3n) is 4.11. The maximum absolute atomic E-state index is 13.1. The summed E-state index contributed by atoms with van der Waals surface area (Å²) in [6.07, 6.45) is 0.851. The van der Waals surface area contributed by atoms with Crippen molar-refractivity contribution in [2.75, 3.05) is 40.3 Å². The SMILES string of the molecule is CN1CCC(CN(C)CCC(O)c2cc(F)cc(F)c2)C1. The Kier molecular flexibility index (Phi) is 5.67. The lowest BCUT2D eigenvalue weighted by Gasteiger charge is -2.22. The lowest BCUT2D eigenvalue weighted by Crippen LogP contribution is -2.29. The van der Waals surface area contributed by atoms with Crippen LogP contribution in [0.4, 0.5) is 8.78 Å². The fraction of sp³-hybridized carbons (Fsp3) is 0.625. The minimum Gasteiger partial charge on any atom is -0.388 e. The second kappa shape index (κ2) is 7.29. The van der Waals surface area contributed by atoms with E-state index in [1.807, 2.05) is 7.05 Å². The van der Waals surface area contributed by atoms with Crippen LogP contribution in [0.25, 0.3) is 0 Å². The molecule has 2 rings (SSSR count). The molecule has 0 bridgehead atoms. The van der Waals surface area contributed by atoms with E-state index in [-0.39, 0.29) is 0 Å². The van der Waals surface area contributed by atoms with E-state index in [0.717, 1.165) is 25.7 Å². The largest absolute Gasteiger partial charge is 0.388 e. The molecule has 2 unspecified atom stereocenters. The van der Waals surface area contributed by atoms with E-state index in [0.29, 0.717) is 24.4 Å². The maximum atomic E-state index is 13.1. The Hall–Kier alpha value is -1.04. The van der Waals surface area contributed by atoms with Gasteiger partial charge in [-0.1, -0.05) is 0 Å². The summed E-state index contributed by atoms with van der Waals surface area (Å²) in [5, 5.41) is 10.1. The lowest BCUT2D eigenvalue weighted by molar-refractivity contribution is 0.144. The van der Waals surface area contributed by atoms with Crippen LogP contribution in [0.15, 0.2) is 18.2 Å². The Bertz CT molecular complexity index is 449. The zero-order valence-corrected chi connectivity index (χ0v) is 12.7. The topological polar surface area (TPSA) is 26.7 Å². The fourth-order valence-corrected chi connectivity index (χ4v) is 2.98. The summed E-state index contributed by atoms with van der Waals surface area (Å²) in [5.74, 6) is -0.624. The standard InChI is InChI=1S/C16H24F2N2O/c1-19-5-3-12(10-19)11-20(2)6-4-16(21)13-7-14(17)9-15(18)8-13/h7-9,12,16,21H,3-6,10-11H2,1-2H3. The number of benzene rings is 1. The summed E-state index contributed by atoms with van der Waals surface area (Å²) in [6.45, 7) is 3.96. The van der Waals surface area contributed by atoms with Crippen LogP contribution in [0.3, 0.4) is 0 Å². The molecule has 1 fully saturated rings. The van der Waals surface area contributed by atoms with E-state index in [1.54, 1.807) is 0 Å². The zero-order chi connectivity index (χ0) is 15.4. The first-order valence-electron chi connectivity index (χ1n) is 7.45. The van der Waals surface area contributed by atoms with Crippen LogP contribution in [-0.4, -0.2) is 55.2 Å². The molecule has 1 aliphatic heterocycles. The number of rotatable bonds is 6. The van der Waals surface area contributed by atoms with Gasteiger partial charge in [0.2, 0.25) is 0 Å². The molecule has 0 aliphatic carbocycles. The van der Waals surface area contributed by atoms with Gasteiger partial charge in [0.25, 0.3) is 0 Å². The Labute approximate surface area is 125 Å². The number of aliphatic hydroxyl groups excluding tert-OH is 1. The minimum atomic E-state index is -0.830. The monoisotopic (exact) mass is 298 g/mol. The third kappa shape index (κ3) is 5.02. The van der Waals surface area contributed by atoms with Crippen molar-refractivity contribution < 1.29 is 13.9 Å². The van der Waals surface area contributed by atoms with Crippen LogP contribution in [0, 0.1) is 17.6 Å². The van der Waals surface area contributed by atoms with Gasteiger partial charge in [-0.05, 0) is 57.1 Å². The van der Waals surface area contributed by atoms with Crippen molar-refractivity contribution in [3.63, 3.8) is 0 Å². The third-order valence-corrected chi connectivity index (χ3v) is 4.11. The van der Waals surface area contributed by atoms with Gasteiger partial charge in [0.05, 0.1) is 6.10 Å². The van der Waals surface area contributed by atoms with Crippen molar-refractivity contribution in [2.45, 2.75) is 18.9 Å². The highest BCUT2D eigenvalue weighted by atomic mass is 19.1. The molecule has 0 aromatic heterocycles. The van der Waals surface area contributed by atoms with Crippen LogP contribution in [0.5, 0.6) is 0 Å². The summed E-state index contributed by atoms with van der Waals surface area (Å²) in [6, 6.07) is 3.21. The number of hydrogen-bond donors (Lipinski definition) is 1. The second-order valence-corrected chi connectivity index (χ2v) is 6.19. The quantitative estimate of drug-likeness (QED) is 0.873. The number of nitrogens with zero attached hydrogens (tertiary/aromatic N) is 2. The summed E-state index contributed by atoms with van der Waals surface area (Å²) < 4.78 is 26.3. The number of hydrogen-bond acceptors (Lipinski definition) is 3. The van der Waals surface area contributed by atoms with Crippen LogP contribution in [-0.2, 0) is 0 Å². The Morgan fingerprint density at radius 1 is 1.33 bits per heavy atom. The molecule has 5 heteroatoms. The zero-order valence-electron chi connectivity index (χ0n) is 12.7. The van der Waals surface area contributed by atoms with Gasteiger partial charge in [-0.3, -0.25) is 0 Å². The predicted octanol–water partition coefficient (Wildman–Crippen LogP) is 2.27. The summed E-state index contributed by atoms with van der Waals surface area (Å²) in [5.41, 5.74) is 0.307. The van der Waals surface area contributed by atoms with Crippen LogP contribution >= 0.6 is 0 Å². The Balaban J connectivity index is 1.78. The van der Waals surface area contributed by atoms with Crippen LogP contribution in [0.2, 0.25) is 0 Å². The van der Waals surface area contributed by atoms with Gasteiger partial charge in [-0.2, -0.15) is 0 Å². The van der Waals surface area contributed by atoms with Gasteiger partial charge in [0.1, 0.15) is 11.6 Å². The summed E-state index contributed by atoms with van der Waals surface area (Å²) >= 11 is 0. The van der Waals surface area contributed by atoms with Crippen molar-refractivity contribution in [2.24, 2.45) is 5.92 Å². The first kappa shape index (κ1) is 16.3. The Morgan fingerprint density at radius 2 is 2.00 bits per heavy atom. The van der Waals surface area contributed by atoms with E-state index in [9.17, 15) is 13.9 Å². The average molecular weight is 298 g/mol. The minimum absolute atomic E-state index is 0.307. The molecule has 1 N–H and O–H groups in total. The molecule has 1 aliphatic rings. The highest BCUT2D eigenvalue weighted by Gasteiger charge is 2.21. The predicted molar refractivity (Wildman–Crippen MR) is 79.0 cm³/mol. The number of likely N-dealkylation sites (tertiary alicyclic amines) is 1. The van der Waals surface area contributed by atoms with Crippen molar-refractivity contribution in [3.05, 3.63) is 35.4 Å². The molecule has 1 saturated heterocycles. The first-order valence-corrected chi connectivity index (χ1v) is 7.45. The molecule has 0 radical (unpaired) electrons. The van der Waals surface area contributed by atoms with Crippen molar-refractivity contribution >= 4 is 0 Å². The van der Waals surface area contributed by atoms with Crippen molar-refractivity contribution in [1.82, 2.24) is 9.80 Å². The molecule has 0 amide bonds. The van der Waals surface area contributed by atoms with E-state index in [1.165, 1.54) is 18.6 Å². The normalized spacial score (nSPS) is 21.1. The molecule has 0 spiro atoms. The molecule has 1 aromatic carbocycles. The van der Waals surface area contributed by atoms with E-state index in [2.05, 4.69) is 16.8 Å². The molecule has 118 valence electrons.